The van der Waals surface area contributed by atoms with Crippen molar-refractivity contribution < 1.29 is 19.5 Å². The summed E-state index contributed by atoms with van der Waals surface area (Å²) in [7, 11) is 1.90. The Kier molecular flexibility index (Phi) is 10.5. The lowest BCUT2D eigenvalue weighted by molar-refractivity contribution is -0.137. The lowest BCUT2D eigenvalue weighted by Crippen LogP contribution is -2.53. The zero-order chi connectivity index (χ0) is 18.9. The molecule has 0 heterocycles. The van der Waals surface area contributed by atoms with Crippen molar-refractivity contribution in [2.75, 3.05) is 13.6 Å². The number of aliphatic carboxylic acids is 1. The van der Waals surface area contributed by atoms with E-state index in [0.29, 0.717) is 6.42 Å². The topological polar surface area (TPSA) is 86.7 Å². The van der Waals surface area contributed by atoms with Crippen molar-refractivity contribution in [1.29, 1.82) is 0 Å². The van der Waals surface area contributed by atoms with Crippen LogP contribution in [0.15, 0.2) is 0 Å². The average molecular weight is 342 g/mol. The van der Waals surface area contributed by atoms with Gasteiger partial charge in [0.05, 0.1) is 12.1 Å². The van der Waals surface area contributed by atoms with Gasteiger partial charge >= 0.3 is 5.97 Å². The van der Waals surface area contributed by atoms with Crippen LogP contribution in [0.1, 0.15) is 60.3 Å². The molecule has 0 aliphatic heterocycles. The summed E-state index contributed by atoms with van der Waals surface area (Å²) in [5.41, 5.74) is 0. The van der Waals surface area contributed by atoms with Crippen LogP contribution in [0.2, 0.25) is 0 Å². The summed E-state index contributed by atoms with van der Waals surface area (Å²) < 4.78 is 0. The molecule has 0 saturated heterocycles. The predicted molar refractivity (Wildman–Crippen MR) is 94.8 cm³/mol. The minimum Gasteiger partial charge on any atom is -0.481 e. The summed E-state index contributed by atoms with van der Waals surface area (Å²) in [4.78, 5) is 36.9. The number of rotatable bonds is 12. The van der Waals surface area contributed by atoms with E-state index in [1.807, 2.05) is 39.6 Å². The summed E-state index contributed by atoms with van der Waals surface area (Å²) >= 11 is 0. The molecule has 0 rings (SSSR count). The van der Waals surface area contributed by atoms with Gasteiger partial charge < -0.3 is 10.4 Å². The highest BCUT2D eigenvalue weighted by Crippen LogP contribution is 2.13. The van der Waals surface area contributed by atoms with Crippen LogP contribution in [0.5, 0.6) is 0 Å². The van der Waals surface area contributed by atoms with Crippen molar-refractivity contribution >= 4 is 17.7 Å². The highest BCUT2D eigenvalue weighted by molar-refractivity contribution is 5.89. The minimum absolute atomic E-state index is 0.0304. The molecule has 0 aliphatic rings. The normalized spacial score (nSPS) is 14.0. The van der Waals surface area contributed by atoms with Gasteiger partial charge in [0.1, 0.15) is 0 Å². The molecule has 0 saturated carbocycles. The Hall–Kier alpha value is -1.43. The Morgan fingerprint density at radius 3 is 2.00 bits per heavy atom. The molecule has 0 aromatic carbocycles. The average Bonchev–Trinajstić information content (AvgIpc) is 2.43. The highest BCUT2D eigenvalue weighted by atomic mass is 16.4. The van der Waals surface area contributed by atoms with Crippen molar-refractivity contribution in [3.63, 3.8) is 0 Å². The van der Waals surface area contributed by atoms with E-state index in [4.69, 9.17) is 5.11 Å². The summed E-state index contributed by atoms with van der Waals surface area (Å²) in [6.45, 7) is 10.0. The molecule has 0 fully saturated rings. The van der Waals surface area contributed by atoms with Gasteiger partial charge in [-0.15, -0.1) is 0 Å². The standard InChI is InChI=1S/C18H34N2O4/c1-12(2)16(14(5)21)19-18(24)17(13(3)4)20(6)11-9-7-8-10-15(22)23/h12-13,16-17H,7-11H2,1-6H3,(H,19,24)(H,22,23)/t16-,17?/m0/s1. The second kappa shape index (κ2) is 11.2. The molecule has 0 aromatic rings. The van der Waals surface area contributed by atoms with Gasteiger partial charge in [-0.1, -0.05) is 34.1 Å². The van der Waals surface area contributed by atoms with Gasteiger partial charge in [-0.25, -0.2) is 0 Å². The molecule has 24 heavy (non-hydrogen) atoms. The molecule has 1 amide bonds. The first kappa shape index (κ1) is 22.6. The van der Waals surface area contributed by atoms with E-state index < -0.39 is 12.0 Å². The summed E-state index contributed by atoms with van der Waals surface area (Å²) in [5, 5.41) is 11.5. The third kappa shape index (κ3) is 8.43. The second-order valence-electron chi connectivity index (χ2n) is 7.21. The zero-order valence-corrected chi connectivity index (χ0v) is 16.0. The van der Waals surface area contributed by atoms with E-state index in [2.05, 4.69) is 5.32 Å². The Bertz CT molecular complexity index is 421. The van der Waals surface area contributed by atoms with Crippen LogP contribution in [0.25, 0.3) is 0 Å². The Balaban J connectivity index is 4.62. The smallest absolute Gasteiger partial charge is 0.303 e. The molecule has 0 radical (unpaired) electrons. The van der Waals surface area contributed by atoms with Crippen molar-refractivity contribution in [1.82, 2.24) is 10.2 Å². The third-order valence-corrected chi connectivity index (χ3v) is 4.18. The highest BCUT2D eigenvalue weighted by Gasteiger charge is 2.30. The fraction of sp³-hybridized carbons (Fsp3) is 0.833. The SMILES string of the molecule is CC(=O)[C@@H](NC(=O)C(C(C)C)N(C)CCCCCC(=O)O)C(C)C. The molecular weight excluding hydrogens is 308 g/mol. The molecule has 2 N–H and O–H groups in total. The first-order chi connectivity index (χ1) is 11.1. The molecule has 0 aliphatic carbocycles. The number of likely N-dealkylation sites (N-methyl/N-ethyl adjacent to an activating group) is 1. The van der Waals surface area contributed by atoms with Crippen molar-refractivity contribution in [3.8, 4) is 0 Å². The number of hydrogen-bond donors (Lipinski definition) is 2. The van der Waals surface area contributed by atoms with Gasteiger partial charge in [0.15, 0.2) is 5.78 Å². The van der Waals surface area contributed by atoms with Crippen LogP contribution in [0.4, 0.5) is 0 Å². The van der Waals surface area contributed by atoms with E-state index in [9.17, 15) is 14.4 Å². The largest absolute Gasteiger partial charge is 0.481 e. The fourth-order valence-electron chi connectivity index (χ4n) is 2.94. The first-order valence-corrected chi connectivity index (χ1v) is 8.80. The number of unbranched alkanes of at least 4 members (excludes halogenated alkanes) is 2. The molecular formula is C18H34N2O4. The predicted octanol–water partition coefficient (Wildman–Crippen LogP) is 2.32. The molecule has 1 unspecified atom stereocenters. The van der Waals surface area contributed by atoms with E-state index in [0.717, 1.165) is 19.4 Å². The molecule has 0 spiro atoms. The number of amides is 1. The second-order valence-corrected chi connectivity index (χ2v) is 7.21. The lowest BCUT2D eigenvalue weighted by Gasteiger charge is -2.32. The number of carbonyl (C=O) groups excluding carboxylic acids is 2. The Morgan fingerprint density at radius 2 is 1.58 bits per heavy atom. The van der Waals surface area contributed by atoms with Crippen molar-refractivity contribution in [2.24, 2.45) is 11.8 Å². The minimum atomic E-state index is -0.772. The maximum Gasteiger partial charge on any atom is 0.303 e. The van der Waals surface area contributed by atoms with Gasteiger partial charge in [0.25, 0.3) is 0 Å². The van der Waals surface area contributed by atoms with Gasteiger partial charge in [-0.2, -0.15) is 0 Å². The van der Waals surface area contributed by atoms with Crippen LogP contribution in [-0.4, -0.2) is 53.3 Å². The van der Waals surface area contributed by atoms with Crippen molar-refractivity contribution in [3.05, 3.63) is 0 Å². The van der Waals surface area contributed by atoms with Crippen LogP contribution < -0.4 is 5.32 Å². The summed E-state index contributed by atoms with van der Waals surface area (Å²) in [6.07, 6.45) is 2.51. The zero-order valence-electron chi connectivity index (χ0n) is 16.0. The number of hydrogen-bond acceptors (Lipinski definition) is 4. The van der Waals surface area contributed by atoms with Crippen LogP contribution in [-0.2, 0) is 14.4 Å². The molecule has 6 heteroatoms. The van der Waals surface area contributed by atoms with Crippen LogP contribution in [0, 0.1) is 11.8 Å². The molecule has 0 aromatic heterocycles. The van der Waals surface area contributed by atoms with Gasteiger partial charge in [0, 0.05) is 6.42 Å². The summed E-state index contributed by atoms with van der Waals surface area (Å²) in [6, 6.07) is -0.757. The number of carbonyl (C=O) groups is 3. The summed E-state index contributed by atoms with van der Waals surface area (Å²) in [5.74, 6) is -0.745. The van der Waals surface area contributed by atoms with E-state index in [1.54, 1.807) is 0 Å². The number of nitrogens with zero attached hydrogens (tertiary/aromatic N) is 1. The van der Waals surface area contributed by atoms with Crippen molar-refractivity contribution in [2.45, 2.75) is 72.4 Å². The number of carboxylic acids is 1. The molecule has 0 bridgehead atoms. The quantitative estimate of drug-likeness (QED) is 0.532. The fourth-order valence-corrected chi connectivity index (χ4v) is 2.94. The lowest BCUT2D eigenvalue weighted by atomic mass is 9.97. The Morgan fingerprint density at radius 1 is 1.00 bits per heavy atom. The van der Waals surface area contributed by atoms with Gasteiger partial charge in [0.2, 0.25) is 5.91 Å². The molecule has 140 valence electrons. The maximum atomic E-state index is 12.6. The van der Waals surface area contributed by atoms with E-state index >= 15 is 0 Å². The molecule has 6 nitrogen and oxygen atoms in total. The number of ketones is 1. The van der Waals surface area contributed by atoms with E-state index in [1.165, 1.54) is 6.92 Å². The van der Waals surface area contributed by atoms with Gasteiger partial charge in [-0.3, -0.25) is 19.3 Å². The number of nitrogens with one attached hydrogen (secondary N) is 1. The number of carboxylic acid groups (broad SMARTS) is 1. The Labute approximate surface area is 146 Å². The van der Waals surface area contributed by atoms with E-state index in [-0.39, 0.29) is 36.0 Å². The molecule has 2 atom stereocenters. The number of Topliss-reactive ketones (excluding diaryl/α,β-unsaturated/α-hetero) is 1. The van der Waals surface area contributed by atoms with Gasteiger partial charge in [-0.05, 0) is 45.2 Å². The third-order valence-electron chi connectivity index (χ3n) is 4.18. The maximum absolute atomic E-state index is 12.6. The van der Waals surface area contributed by atoms with Crippen LogP contribution >= 0.6 is 0 Å². The van der Waals surface area contributed by atoms with Crippen LogP contribution in [0.3, 0.4) is 0 Å². The first-order valence-electron chi connectivity index (χ1n) is 8.80. The monoisotopic (exact) mass is 342 g/mol.